The highest BCUT2D eigenvalue weighted by Crippen LogP contribution is 2.17. The van der Waals surface area contributed by atoms with Gasteiger partial charge in [-0.3, -0.25) is 9.59 Å². The third kappa shape index (κ3) is 4.48. The molecule has 0 unspecified atom stereocenters. The van der Waals surface area contributed by atoms with Gasteiger partial charge < -0.3 is 19.1 Å². The van der Waals surface area contributed by atoms with Crippen molar-refractivity contribution in [2.45, 2.75) is 26.0 Å². The fraction of sp³-hybridized carbons (Fsp3) is 0.333. The summed E-state index contributed by atoms with van der Waals surface area (Å²) < 4.78 is 7.46. The Labute approximate surface area is 176 Å². The van der Waals surface area contributed by atoms with E-state index in [2.05, 4.69) is 17.0 Å². The number of hydrogen-bond donors (Lipinski definition) is 0. The normalized spacial score (nSPS) is 15.2. The van der Waals surface area contributed by atoms with Crippen LogP contribution in [0.5, 0.6) is 0 Å². The first-order valence-corrected chi connectivity index (χ1v) is 10.4. The Morgan fingerprint density at radius 2 is 1.63 bits per heavy atom. The Balaban J connectivity index is 1.25. The lowest BCUT2D eigenvalue weighted by Crippen LogP contribution is -2.51. The molecule has 2 aromatic carbocycles. The number of fused-ring (bicyclic) bond motifs is 1. The molecule has 3 aromatic rings. The van der Waals surface area contributed by atoms with Crippen LogP contribution in [0, 0.1) is 0 Å². The van der Waals surface area contributed by atoms with E-state index in [0.29, 0.717) is 19.6 Å². The van der Waals surface area contributed by atoms with Gasteiger partial charge in [0, 0.05) is 50.1 Å². The van der Waals surface area contributed by atoms with Crippen LogP contribution in [0.1, 0.15) is 13.3 Å². The minimum Gasteiger partial charge on any atom is -0.452 e. The Morgan fingerprint density at radius 3 is 2.40 bits per heavy atom. The molecule has 0 radical (unpaired) electrons. The molecule has 2 heterocycles. The first-order chi connectivity index (χ1) is 14.6. The third-order valence-corrected chi connectivity index (χ3v) is 5.61. The van der Waals surface area contributed by atoms with Crippen molar-refractivity contribution in [3.8, 4) is 0 Å². The first-order valence-electron chi connectivity index (χ1n) is 10.4. The highest BCUT2D eigenvalue weighted by atomic mass is 16.5. The van der Waals surface area contributed by atoms with Crippen molar-refractivity contribution >= 4 is 28.5 Å². The minimum atomic E-state index is -0.762. The van der Waals surface area contributed by atoms with Crippen LogP contribution in [0.4, 0.5) is 5.69 Å². The molecule has 6 nitrogen and oxygen atoms in total. The van der Waals surface area contributed by atoms with Gasteiger partial charge in [0.05, 0.1) is 6.42 Å². The van der Waals surface area contributed by atoms with Crippen molar-refractivity contribution in [3.63, 3.8) is 0 Å². The van der Waals surface area contributed by atoms with E-state index in [0.717, 1.165) is 24.0 Å². The molecular formula is C24H27N3O3. The molecule has 1 amide bonds. The van der Waals surface area contributed by atoms with Crippen LogP contribution in [0.2, 0.25) is 0 Å². The van der Waals surface area contributed by atoms with Gasteiger partial charge in [-0.1, -0.05) is 36.4 Å². The van der Waals surface area contributed by atoms with E-state index in [9.17, 15) is 9.59 Å². The number of anilines is 1. The number of carbonyl (C=O) groups excluding carboxylic acids is 2. The Hall–Kier alpha value is -3.28. The van der Waals surface area contributed by atoms with Gasteiger partial charge in [0.2, 0.25) is 0 Å². The van der Waals surface area contributed by atoms with Gasteiger partial charge in [-0.25, -0.2) is 0 Å². The highest BCUT2D eigenvalue weighted by Gasteiger charge is 2.27. The van der Waals surface area contributed by atoms with Crippen LogP contribution >= 0.6 is 0 Å². The Morgan fingerprint density at radius 1 is 0.933 bits per heavy atom. The number of aryl methyl sites for hydroxylation is 1. The number of ether oxygens (including phenoxy) is 1. The third-order valence-electron chi connectivity index (χ3n) is 5.61. The van der Waals surface area contributed by atoms with Gasteiger partial charge >= 0.3 is 5.97 Å². The van der Waals surface area contributed by atoms with Crippen molar-refractivity contribution in [1.82, 2.24) is 9.47 Å². The summed E-state index contributed by atoms with van der Waals surface area (Å²) in [5.41, 5.74) is 2.26. The maximum atomic E-state index is 12.7. The van der Waals surface area contributed by atoms with E-state index < -0.39 is 6.10 Å². The number of amides is 1. The summed E-state index contributed by atoms with van der Waals surface area (Å²) in [6, 6.07) is 20.3. The van der Waals surface area contributed by atoms with Crippen molar-refractivity contribution in [2.75, 3.05) is 31.1 Å². The highest BCUT2D eigenvalue weighted by molar-refractivity contribution is 5.84. The molecule has 1 saturated heterocycles. The zero-order valence-corrected chi connectivity index (χ0v) is 17.2. The summed E-state index contributed by atoms with van der Waals surface area (Å²) in [4.78, 5) is 29.1. The van der Waals surface area contributed by atoms with Gasteiger partial charge in [0.15, 0.2) is 6.10 Å². The van der Waals surface area contributed by atoms with E-state index in [1.807, 2.05) is 59.3 Å². The Bertz CT molecular complexity index is 1010. The smallest absolute Gasteiger partial charge is 0.308 e. The van der Waals surface area contributed by atoms with Crippen LogP contribution in [-0.4, -0.2) is 53.6 Å². The number of nitrogens with zero attached hydrogens (tertiary/aromatic N) is 3. The van der Waals surface area contributed by atoms with Crippen molar-refractivity contribution in [2.24, 2.45) is 0 Å². The predicted octanol–water partition coefficient (Wildman–Crippen LogP) is 3.31. The number of esters is 1. The summed E-state index contributed by atoms with van der Waals surface area (Å²) in [5, 5.41) is 1.14. The topological polar surface area (TPSA) is 54.8 Å². The summed E-state index contributed by atoms with van der Waals surface area (Å²) >= 11 is 0. The van der Waals surface area contributed by atoms with E-state index in [4.69, 9.17) is 4.74 Å². The summed E-state index contributed by atoms with van der Waals surface area (Å²) in [6.45, 7) is 5.00. The largest absolute Gasteiger partial charge is 0.452 e. The standard InChI is InChI=1S/C24H27N3O3/c1-19(24(29)27-17-15-25(16-18-27)21-8-3-2-4-9-21)30-23(28)12-14-26-13-11-20-7-5-6-10-22(20)26/h2-11,13,19H,12,14-18H2,1H3/t19-/m1/s1. The van der Waals surface area contributed by atoms with Crippen LogP contribution in [0.25, 0.3) is 10.9 Å². The number of rotatable bonds is 6. The molecule has 156 valence electrons. The Kier molecular flexibility index (Phi) is 6.02. The molecule has 0 N–H and O–H groups in total. The molecule has 0 spiro atoms. The SMILES string of the molecule is C[C@@H](OC(=O)CCn1ccc2ccccc21)C(=O)N1CCN(c2ccccc2)CC1. The van der Waals surface area contributed by atoms with Gasteiger partial charge in [0.25, 0.3) is 5.91 Å². The fourth-order valence-corrected chi connectivity index (χ4v) is 3.93. The molecule has 30 heavy (non-hydrogen) atoms. The molecule has 1 atom stereocenters. The van der Waals surface area contributed by atoms with Crippen molar-refractivity contribution < 1.29 is 14.3 Å². The van der Waals surface area contributed by atoms with Crippen LogP contribution in [0.3, 0.4) is 0 Å². The lowest BCUT2D eigenvalue weighted by Gasteiger charge is -2.37. The molecule has 0 aliphatic carbocycles. The maximum absolute atomic E-state index is 12.7. The lowest BCUT2D eigenvalue weighted by molar-refractivity contribution is -0.159. The van der Waals surface area contributed by atoms with Crippen LogP contribution in [0.15, 0.2) is 66.9 Å². The second kappa shape index (κ2) is 9.03. The molecule has 6 heteroatoms. The van der Waals surface area contributed by atoms with Gasteiger partial charge in [-0.2, -0.15) is 0 Å². The average Bonchev–Trinajstić information content (AvgIpc) is 3.21. The second-order valence-corrected chi connectivity index (χ2v) is 7.60. The molecule has 0 bridgehead atoms. The van der Waals surface area contributed by atoms with E-state index in [1.165, 1.54) is 5.69 Å². The average molecular weight is 405 g/mol. The number of carbonyl (C=O) groups is 2. The molecule has 1 aliphatic rings. The number of aromatic nitrogens is 1. The monoisotopic (exact) mass is 405 g/mol. The van der Waals surface area contributed by atoms with E-state index in [1.54, 1.807) is 11.8 Å². The summed E-state index contributed by atoms with van der Waals surface area (Å²) in [7, 11) is 0. The zero-order chi connectivity index (χ0) is 20.9. The number of benzene rings is 2. The lowest BCUT2D eigenvalue weighted by atomic mass is 10.2. The minimum absolute atomic E-state index is 0.123. The quantitative estimate of drug-likeness (QED) is 0.591. The fourth-order valence-electron chi connectivity index (χ4n) is 3.93. The molecule has 1 aliphatic heterocycles. The number of para-hydroxylation sites is 2. The first kappa shape index (κ1) is 20.0. The van der Waals surface area contributed by atoms with Crippen molar-refractivity contribution in [3.05, 3.63) is 66.9 Å². The summed E-state index contributed by atoms with van der Waals surface area (Å²) in [5.74, 6) is -0.473. The predicted molar refractivity (Wildman–Crippen MR) is 117 cm³/mol. The maximum Gasteiger partial charge on any atom is 0.308 e. The van der Waals surface area contributed by atoms with E-state index in [-0.39, 0.29) is 18.3 Å². The molecule has 1 aromatic heterocycles. The summed E-state index contributed by atoms with van der Waals surface area (Å²) in [6.07, 6.45) is 1.44. The van der Waals surface area contributed by atoms with E-state index >= 15 is 0 Å². The van der Waals surface area contributed by atoms with Crippen LogP contribution < -0.4 is 4.90 Å². The molecule has 4 rings (SSSR count). The molecule has 1 fully saturated rings. The number of hydrogen-bond acceptors (Lipinski definition) is 4. The van der Waals surface area contributed by atoms with Gasteiger partial charge in [-0.05, 0) is 36.6 Å². The molecule has 0 saturated carbocycles. The number of piperazine rings is 1. The second-order valence-electron chi connectivity index (χ2n) is 7.60. The molecular weight excluding hydrogens is 378 g/mol. The zero-order valence-electron chi connectivity index (χ0n) is 17.2. The van der Waals surface area contributed by atoms with Crippen LogP contribution in [-0.2, 0) is 20.9 Å². The van der Waals surface area contributed by atoms with Crippen molar-refractivity contribution in [1.29, 1.82) is 0 Å². The van der Waals surface area contributed by atoms with Gasteiger partial charge in [0.1, 0.15) is 0 Å². The van der Waals surface area contributed by atoms with Gasteiger partial charge in [-0.15, -0.1) is 0 Å².